The molecule has 0 aliphatic carbocycles. The molecule has 0 bridgehead atoms. The Labute approximate surface area is 204 Å². The van der Waals surface area contributed by atoms with E-state index in [0.29, 0.717) is 19.6 Å². The van der Waals surface area contributed by atoms with E-state index in [0.717, 1.165) is 28.2 Å². The number of aryl methyl sites for hydroxylation is 2. The Balaban J connectivity index is 1.88. The normalized spacial score (nSPS) is 18.1. The van der Waals surface area contributed by atoms with E-state index in [1.807, 2.05) is 39.1 Å². The Morgan fingerprint density at radius 2 is 2.00 bits per heavy atom. The predicted molar refractivity (Wildman–Crippen MR) is 134 cm³/mol. The number of amides is 1. The number of nitrogens with zero attached hydrogens (tertiary/aromatic N) is 2. The summed E-state index contributed by atoms with van der Waals surface area (Å²) in [5, 5.41) is 15.4. The molecule has 0 aromatic carbocycles. The van der Waals surface area contributed by atoms with Crippen LogP contribution in [-0.4, -0.2) is 47.4 Å². The number of morpholine rings is 1. The lowest BCUT2D eigenvalue weighted by atomic mass is 10.0. The molecule has 3 unspecified atom stereocenters. The third-order valence-electron chi connectivity index (χ3n) is 6.24. The highest BCUT2D eigenvalue weighted by Gasteiger charge is 2.28. The smallest absolute Gasteiger partial charge is 0.305 e. The van der Waals surface area contributed by atoms with Crippen LogP contribution in [0.3, 0.4) is 0 Å². The Hall–Kier alpha value is -2.65. The molecule has 3 rings (SSSR count). The number of aliphatic carboxylic acids is 1. The summed E-state index contributed by atoms with van der Waals surface area (Å²) in [6.07, 6.45) is 1.95. The first-order chi connectivity index (χ1) is 16.1. The van der Waals surface area contributed by atoms with Crippen molar-refractivity contribution in [3.05, 3.63) is 50.8 Å². The van der Waals surface area contributed by atoms with E-state index in [1.165, 1.54) is 15.9 Å². The van der Waals surface area contributed by atoms with Crippen molar-refractivity contribution in [2.45, 2.75) is 65.6 Å². The highest BCUT2D eigenvalue weighted by Crippen LogP contribution is 2.32. The Morgan fingerprint density at radius 1 is 1.26 bits per heavy atom. The number of anilines is 1. The fraction of sp³-hybridized carbons (Fsp3) is 0.560. The zero-order chi connectivity index (χ0) is 25.0. The predicted octanol–water partition coefficient (Wildman–Crippen LogP) is 3.67. The van der Waals surface area contributed by atoms with E-state index in [2.05, 4.69) is 17.1 Å². The van der Waals surface area contributed by atoms with Gasteiger partial charge < -0.3 is 24.6 Å². The van der Waals surface area contributed by atoms with Gasteiger partial charge in [0.1, 0.15) is 6.04 Å². The number of carboxylic acid groups (broad SMARTS) is 1. The maximum Gasteiger partial charge on any atom is 0.305 e. The number of aromatic nitrogens is 1. The molecule has 3 heterocycles. The number of thiophene rings is 1. The number of carboxylic acids is 1. The first kappa shape index (κ1) is 26.0. The topological polar surface area (TPSA) is 101 Å². The number of hydrogen-bond donors (Lipinski definition) is 2. The minimum atomic E-state index is -0.999. The summed E-state index contributed by atoms with van der Waals surface area (Å²) in [5.41, 5.74) is 2.31. The van der Waals surface area contributed by atoms with E-state index >= 15 is 0 Å². The van der Waals surface area contributed by atoms with Gasteiger partial charge in [-0.2, -0.15) is 0 Å². The lowest BCUT2D eigenvalue weighted by molar-refractivity contribution is -0.138. The molecule has 1 amide bonds. The minimum Gasteiger partial charge on any atom is -0.481 e. The van der Waals surface area contributed by atoms with Crippen molar-refractivity contribution < 1.29 is 19.4 Å². The van der Waals surface area contributed by atoms with Crippen LogP contribution in [0.15, 0.2) is 28.5 Å². The van der Waals surface area contributed by atoms with Gasteiger partial charge in [-0.15, -0.1) is 11.3 Å². The zero-order valence-electron chi connectivity index (χ0n) is 20.5. The molecule has 1 aliphatic heterocycles. The van der Waals surface area contributed by atoms with Crippen LogP contribution in [0.25, 0.3) is 0 Å². The van der Waals surface area contributed by atoms with E-state index in [-0.39, 0.29) is 29.8 Å². The van der Waals surface area contributed by atoms with Gasteiger partial charge in [0.2, 0.25) is 5.91 Å². The molecule has 2 N–H and O–H groups in total. The monoisotopic (exact) mass is 489 g/mol. The van der Waals surface area contributed by atoms with Crippen LogP contribution in [0.2, 0.25) is 0 Å². The fourth-order valence-corrected chi connectivity index (χ4v) is 5.31. The minimum absolute atomic E-state index is 0.165. The highest BCUT2D eigenvalue weighted by atomic mass is 32.1. The van der Waals surface area contributed by atoms with Gasteiger partial charge in [0.25, 0.3) is 5.56 Å². The second-order valence-electron chi connectivity index (χ2n) is 9.52. The van der Waals surface area contributed by atoms with E-state index < -0.39 is 18.1 Å². The Morgan fingerprint density at radius 3 is 2.65 bits per heavy atom. The molecule has 0 radical (unpaired) electrons. The molecule has 1 saturated heterocycles. The number of carbonyl (C=O) groups is 2. The molecular weight excluding hydrogens is 454 g/mol. The number of pyridine rings is 1. The van der Waals surface area contributed by atoms with Gasteiger partial charge in [0.05, 0.1) is 36.7 Å². The summed E-state index contributed by atoms with van der Waals surface area (Å²) in [6, 6.07) is 2.31. The van der Waals surface area contributed by atoms with Crippen LogP contribution in [0, 0.1) is 19.8 Å². The Bertz CT molecular complexity index is 1080. The van der Waals surface area contributed by atoms with Gasteiger partial charge in [-0.25, -0.2) is 0 Å². The van der Waals surface area contributed by atoms with Crippen molar-refractivity contribution in [1.29, 1.82) is 0 Å². The molecule has 2 aromatic heterocycles. The third kappa shape index (κ3) is 6.27. The second-order valence-corrected chi connectivity index (χ2v) is 10.4. The highest BCUT2D eigenvalue weighted by molar-refractivity contribution is 7.14. The van der Waals surface area contributed by atoms with Crippen molar-refractivity contribution >= 4 is 28.2 Å². The standard InChI is InChI=1S/C25H35N3O5S/c1-15(2)8-21(28-12-17(4)16(3)9-22(28)29)25(32)26-20(11-24(30)31)19-10-23(34-14-19)27-6-7-33-13-18(27)5/h9-10,12,14-15,18,20-21H,6-8,11,13H2,1-5H3,(H,26,32)(H,30,31). The summed E-state index contributed by atoms with van der Waals surface area (Å²) >= 11 is 1.53. The first-order valence-electron chi connectivity index (χ1n) is 11.7. The van der Waals surface area contributed by atoms with Gasteiger partial charge in [-0.1, -0.05) is 13.8 Å². The fourth-order valence-electron chi connectivity index (χ4n) is 4.21. The molecule has 34 heavy (non-hydrogen) atoms. The lowest BCUT2D eigenvalue weighted by Gasteiger charge is -2.34. The molecule has 9 heteroatoms. The molecule has 1 aliphatic rings. The molecule has 8 nitrogen and oxygen atoms in total. The number of rotatable bonds is 9. The van der Waals surface area contributed by atoms with Gasteiger partial charge >= 0.3 is 5.97 Å². The van der Waals surface area contributed by atoms with Crippen molar-refractivity contribution in [2.24, 2.45) is 5.92 Å². The van der Waals surface area contributed by atoms with Crippen LogP contribution in [0.1, 0.15) is 62.4 Å². The average molecular weight is 490 g/mol. The van der Waals surface area contributed by atoms with E-state index in [1.54, 1.807) is 12.3 Å². The molecule has 2 aromatic rings. The van der Waals surface area contributed by atoms with Gasteiger partial charge in [-0.3, -0.25) is 14.4 Å². The molecule has 186 valence electrons. The van der Waals surface area contributed by atoms with Gasteiger partial charge in [0.15, 0.2) is 0 Å². The van der Waals surface area contributed by atoms with E-state index in [4.69, 9.17) is 4.74 Å². The van der Waals surface area contributed by atoms with Gasteiger partial charge in [0, 0.05) is 18.8 Å². The number of carbonyl (C=O) groups excluding carboxylic acids is 1. The molecular formula is C25H35N3O5S. The largest absolute Gasteiger partial charge is 0.481 e. The Kier molecular flexibility index (Phi) is 8.54. The third-order valence-corrected chi connectivity index (χ3v) is 7.22. The average Bonchev–Trinajstić information content (AvgIpc) is 3.24. The van der Waals surface area contributed by atoms with Crippen molar-refractivity contribution in [3.63, 3.8) is 0 Å². The SMILES string of the molecule is Cc1cc(=O)n(C(CC(C)C)C(=O)NC(CC(=O)O)c2csc(N3CCOCC3C)c2)cc1C. The number of hydrogen-bond acceptors (Lipinski definition) is 6. The van der Waals surface area contributed by atoms with Crippen molar-refractivity contribution in [1.82, 2.24) is 9.88 Å². The first-order valence-corrected chi connectivity index (χ1v) is 12.6. The summed E-state index contributed by atoms with van der Waals surface area (Å²) < 4.78 is 6.99. The van der Waals surface area contributed by atoms with Crippen LogP contribution in [0.4, 0.5) is 5.00 Å². The van der Waals surface area contributed by atoms with E-state index in [9.17, 15) is 19.5 Å². The van der Waals surface area contributed by atoms with Crippen LogP contribution >= 0.6 is 11.3 Å². The zero-order valence-corrected chi connectivity index (χ0v) is 21.4. The summed E-state index contributed by atoms with van der Waals surface area (Å²) in [7, 11) is 0. The van der Waals surface area contributed by atoms with Crippen LogP contribution in [-0.2, 0) is 14.3 Å². The quantitative estimate of drug-likeness (QED) is 0.557. The van der Waals surface area contributed by atoms with Crippen molar-refractivity contribution in [2.75, 3.05) is 24.7 Å². The molecule has 0 spiro atoms. The number of nitrogens with one attached hydrogen (secondary N) is 1. The maximum atomic E-state index is 13.5. The second kappa shape index (κ2) is 11.2. The lowest BCUT2D eigenvalue weighted by Crippen LogP contribution is -2.43. The number of ether oxygens (including phenoxy) is 1. The van der Waals surface area contributed by atoms with Crippen LogP contribution < -0.4 is 15.8 Å². The molecule has 0 saturated carbocycles. The van der Waals surface area contributed by atoms with Crippen molar-refractivity contribution in [3.8, 4) is 0 Å². The van der Waals surface area contributed by atoms with Gasteiger partial charge in [-0.05, 0) is 61.2 Å². The molecule has 3 atom stereocenters. The molecule has 1 fully saturated rings. The maximum absolute atomic E-state index is 13.5. The summed E-state index contributed by atoms with van der Waals surface area (Å²) in [6.45, 7) is 11.9. The van der Waals surface area contributed by atoms with Crippen LogP contribution in [0.5, 0.6) is 0 Å². The summed E-state index contributed by atoms with van der Waals surface area (Å²) in [4.78, 5) is 40.1. The summed E-state index contributed by atoms with van der Waals surface area (Å²) in [5.74, 6) is -1.18.